The lowest BCUT2D eigenvalue weighted by Gasteiger charge is -2.13. The first-order valence-electron chi connectivity index (χ1n) is 5.48. The minimum absolute atomic E-state index is 0.0503. The fourth-order valence-electron chi connectivity index (χ4n) is 1.56. The predicted molar refractivity (Wildman–Crippen MR) is 60.6 cm³/mol. The van der Waals surface area contributed by atoms with Crippen molar-refractivity contribution in [3.8, 4) is 5.75 Å². The Kier molecular flexibility index (Phi) is 4.52. The number of esters is 1. The molecule has 7 heteroatoms. The molecule has 1 aromatic carbocycles. The first kappa shape index (κ1) is 15.0. The topological polar surface area (TPSA) is 69.4 Å². The predicted octanol–water partition coefficient (Wildman–Crippen LogP) is 2.21. The Labute approximate surface area is 107 Å². The van der Waals surface area contributed by atoms with Crippen LogP contribution in [0.3, 0.4) is 0 Å². The molecular weight excluding hydrogens is 263 g/mol. The lowest BCUT2D eigenvalue weighted by atomic mass is 10.0. The molecule has 0 aliphatic carbocycles. The number of alkyl halides is 3. The third-order valence-electron chi connectivity index (χ3n) is 2.33. The zero-order chi connectivity index (χ0) is 14.6. The van der Waals surface area contributed by atoms with Crippen molar-refractivity contribution in [1.29, 1.82) is 0 Å². The average molecular weight is 275 g/mol. The summed E-state index contributed by atoms with van der Waals surface area (Å²) in [6.07, 6.45) is -4.26. The standard InChI is InChI=1S/C12H12F3NO3/c1-2-4-7-8(10(16)17)5-3-6-9(7)19-11(18)12(13,14)15/h3,5-6H,2,4H2,1H3,(H2,16,17). The highest BCUT2D eigenvalue weighted by Crippen LogP contribution is 2.27. The number of halogens is 3. The SMILES string of the molecule is CCCc1c(OC(=O)C(F)(F)F)cccc1C(N)=O. The maximum absolute atomic E-state index is 12.1. The summed E-state index contributed by atoms with van der Waals surface area (Å²) in [5.74, 6) is -3.40. The summed E-state index contributed by atoms with van der Waals surface area (Å²) in [7, 11) is 0. The van der Waals surface area contributed by atoms with Gasteiger partial charge < -0.3 is 10.5 Å². The maximum atomic E-state index is 12.1. The lowest BCUT2D eigenvalue weighted by Crippen LogP contribution is -2.28. The Morgan fingerprint density at radius 2 is 1.95 bits per heavy atom. The van der Waals surface area contributed by atoms with E-state index in [2.05, 4.69) is 4.74 Å². The van der Waals surface area contributed by atoms with Crippen LogP contribution in [-0.2, 0) is 11.2 Å². The summed E-state index contributed by atoms with van der Waals surface area (Å²) in [5.41, 5.74) is 5.38. The molecule has 104 valence electrons. The van der Waals surface area contributed by atoms with Crippen LogP contribution in [0.15, 0.2) is 18.2 Å². The molecule has 0 spiro atoms. The second-order valence-electron chi connectivity index (χ2n) is 3.78. The molecule has 0 bridgehead atoms. The molecule has 0 atom stereocenters. The van der Waals surface area contributed by atoms with E-state index in [-0.39, 0.29) is 23.3 Å². The van der Waals surface area contributed by atoms with E-state index in [1.165, 1.54) is 18.2 Å². The number of ether oxygens (including phenoxy) is 1. The van der Waals surface area contributed by atoms with Crippen molar-refractivity contribution in [3.05, 3.63) is 29.3 Å². The molecule has 0 aromatic heterocycles. The zero-order valence-electron chi connectivity index (χ0n) is 10.1. The van der Waals surface area contributed by atoms with Gasteiger partial charge in [0.2, 0.25) is 5.91 Å². The fourth-order valence-corrected chi connectivity index (χ4v) is 1.56. The van der Waals surface area contributed by atoms with E-state index in [0.29, 0.717) is 6.42 Å². The van der Waals surface area contributed by atoms with Gasteiger partial charge in [-0.15, -0.1) is 0 Å². The van der Waals surface area contributed by atoms with Crippen LogP contribution >= 0.6 is 0 Å². The van der Waals surface area contributed by atoms with Crippen LogP contribution in [0.1, 0.15) is 29.3 Å². The second-order valence-corrected chi connectivity index (χ2v) is 3.78. The van der Waals surface area contributed by atoms with Gasteiger partial charge in [-0.1, -0.05) is 19.4 Å². The molecule has 1 amide bonds. The van der Waals surface area contributed by atoms with Gasteiger partial charge in [0.1, 0.15) is 5.75 Å². The number of hydrogen-bond acceptors (Lipinski definition) is 3. The van der Waals surface area contributed by atoms with Crippen LogP contribution in [-0.4, -0.2) is 18.1 Å². The molecule has 0 aliphatic rings. The first-order valence-corrected chi connectivity index (χ1v) is 5.48. The fraction of sp³-hybridized carbons (Fsp3) is 0.333. The molecule has 0 radical (unpaired) electrons. The van der Waals surface area contributed by atoms with Gasteiger partial charge in [-0.25, -0.2) is 4.79 Å². The number of amides is 1. The average Bonchev–Trinajstić information content (AvgIpc) is 2.29. The van der Waals surface area contributed by atoms with E-state index in [4.69, 9.17) is 5.73 Å². The van der Waals surface area contributed by atoms with Crippen molar-refractivity contribution >= 4 is 11.9 Å². The monoisotopic (exact) mass is 275 g/mol. The Bertz CT molecular complexity index is 497. The highest BCUT2D eigenvalue weighted by atomic mass is 19.4. The normalized spacial score (nSPS) is 11.2. The molecule has 4 nitrogen and oxygen atoms in total. The van der Waals surface area contributed by atoms with E-state index in [1.807, 2.05) is 0 Å². The number of carbonyl (C=O) groups is 2. The molecule has 1 aromatic rings. The summed E-state index contributed by atoms with van der Waals surface area (Å²) in [5, 5.41) is 0. The van der Waals surface area contributed by atoms with Crippen molar-refractivity contribution in [2.45, 2.75) is 25.9 Å². The minimum atomic E-state index is -5.09. The van der Waals surface area contributed by atoms with Gasteiger partial charge in [0.05, 0.1) is 0 Å². The molecular formula is C12H12F3NO3. The first-order chi connectivity index (χ1) is 8.77. The Morgan fingerprint density at radius 3 is 2.42 bits per heavy atom. The van der Waals surface area contributed by atoms with Crippen LogP contribution in [0.2, 0.25) is 0 Å². The Balaban J connectivity index is 3.17. The molecule has 0 heterocycles. The number of benzene rings is 1. The summed E-state index contributed by atoms with van der Waals surface area (Å²) in [6, 6.07) is 3.87. The van der Waals surface area contributed by atoms with Crippen LogP contribution in [0.5, 0.6) is 5.75 Å². The smallest absolute Gasteiger partial charge is 0.420 e. The number of hydrogen-bond donors (Lipinski definition) is 1. The van der Waals surface area contributed by atoms with E-state index < -0.39 is 18.1 Å². The van der Waals surface area contributed by atoms with E-state index in [1.54, 1.807) is 6.92 Å². The number of primary amides is 1. The molecule has 0 unspecified atom stereocenters. The molecule has 0 saturated heterocycles. The number of rotatable bonds is 4. The van der Waals surface area contributed by atoms with E-state index in [0.717, 1.165) is 0 Å². The molecule has 1 rings (SSSR count). The Hall–Kier alpha value is -2.05. The van der Waals surface area contributed by atoms with Gasteiger partial charge in [0.15, 0.2) is 0 Å². The van der Waals surface area contributed by atoms with Gasteiger partial charge in [-0.2, -0.15) is 13.2 Å². The van der Waals surface area contributed by atoms with E-state index >= 15 is 0 Å². The third-order valence-corrected chi connectivity index (χ3v) is 2.33. The highest BCUT2D eigenvalue weighted by Gasteiger charge is 2.41. The number of carbonyl (C=O) groups excluding carboxylic acids is 2. The van der Waals surface area contributed by atoms with Crippen molar-refractivity contribution in [2.75, 3.05) is 0 Å². The summed E-state index contributed by atoms with van der Waals surface area (Å²) < 4.78 is 40.7. The summed E-state index contributed by atoms with van der Waals surface area (Å²) in [4.78, 5) is 22.0. The highest BCUT2D eigenvalue weighted by molar-refractivity contribution is 5.95. The van der Waals surface area contributed by atoms with Gasteiger partial charge in [-0.05, 0) is 18.6 Å². The van der Waals surface area contributed by atoms with Crippen LogP contribution in [0, 0.1) is 0 Å². The number of nitrogens with two attached hydrogens (primary N) is 1. The quantitative estimate of drug-likeness (QED) is 0.676. The van der Waals surface area contributed by atoms with Crippen molar-refractivity contribution in [1.82, 2.24) is 0 Å². The maximum Gasteiger partial charge on any atom is 0.491 e. The molecule has 0 aliphatic heterocycles. The molecule has 19 heavy (non-hydrogen) atoms. The van der Waals surface area contributed by atoms with Crippen LogP contribution in [0.25, 0.3) is 0 Å². The van der Waals surface area contributed by atoms with Gasteiger partial charge in [0.25, 0.3) is 0 Å². The van der Waals surface area contributed by atoms with Gasteiger partial charge in [0, 0.05) is 11.1 Å². The summed E-state index contributed by atoms with van der Waals surface area (Å²) >= 11 is 0. The van der Waals surface area contributed by atoms with Gasteiger partial charge >= 0.3 is 12.1 Å². The van der Waals surface area contributed by atoms with E-state index in [9.17, 15) is 22.8 Å². The molecule has 0 fully saturated rings. The third kappa shape index (κ3) is 3.70. The summed E-state index contributed by atoms with van der Waals surface area (Å²) in [6.45, 7) is 1.77. The Morgan fingerprint density at radius 1 is 1.32 bits per heavy atom. The largest absolute Gasteiger partial charge is 0.491 e. The zero-order valence-corrected chi connectivity index (χ0v) is 10.1. The lowest BCUT2D eigenvalue weighted by molar-refractivity contribution is -0.189. The second kappa shape index (κ2) is 5.73. The molecule has 2 N–H and O–H groups in total. The van der Waals surface area contributed by atoms with Crippen molar-refractivity contribution < 1.29 is 27.5 Å². The van der Waals surface area contributed by atoms with Gasteiger partial charge in [-0.3, -0.25) is 4.79 Å². The van der Waals surface area contributed by atoms with Crippen LogP contribution in [0.4, 0.5) is 13.2 Å². The minimum Gasteiger partial charge on any atom is -0.420 e. The van der Waals surface area contributed by atoms with Crippen molar-refractivity contribution in [3.63, 3.8) is 0 Å². The van der Waals surface area contributed by atoms with Crippen molar-refractivity contribution in [2.24, 2.45) is 5.73 Å². The van der Waals surface area contributed by atoms with Crippen LogP contribution < -0.4 is 10.5 Å². The molecule has 0 saturated carbocycles.